The van der Waals surface area contributed by atoms with Crippen molar-refractivity contribution in [3.63, 3.8) is 0 Å². The summed E-state index contributed by atoms with van der Waals surface area (Å²) in [5.41, 5.74) is 0.0942. The van der Waals surface area contributed by atoms with Crippen LogP contribution in [0.1, 0.15) is 0 Å². The lowest BCUT2D eigenvalue weighted by Gasteiger charge is -1.93. The first-order chi connectivity index (χ1) is 7.61. The van der Waals surface area contributed by atoms with Gasteiger partial charge in [0.15, 0.2) is 0 Å². The van der Waals surface area contributed by atoms with Gasteiger partial charge in [0.1, 0.15) is 0 Å². The summed E-state index contributed by atoms with van der Waals surface area (Å²) in [7, 11) is 0. The Morgan fingerprint density at radius 2 is 2.12 bits per heavy atom. The highest BCUT2D eigenvalue weighted by molar-refractivity contribution is 6.29. The molecule has 0 amide bonds. The second-order valence-electron chi connectivity index (χ2n) is 2.94. The third-order valence-corrected chi connectivity index (χ3v) is 2.34. The summed E-state index contributed by atoms with van der Waals surface area (Å²) in [6, 6.07) is 5.99. The number of rotatable bonds is 2. The van der Waals surface area contributed by atoms with E-state index in [9.17, 15) is 10.1 Å². The van der Waals surface area contributed by atoms with Gasteiger partial charge in [-0.3, -0.25) is 10.1 Å². The average molecular weight is 242 g/mol. The van der Waals surface area contributed by atoms with E-state index in [0.717, 1.165) is 6.39 Å². The number of nitro groups is 1. The fourth-order valence-corrected chi connectivity index (χ4v) is 1.46. The summed E-state index contributed by atoms with van der Waals surface area (Å²) in [4.78, 5) is 10.2. The largest absolute Gasteiger partial charge is 0.475 e. The van der Waals surface area contributed by atoms with E-state index in [1.165, 1.54) is 22.8 Å². The Morgan fingerprint density at radius 3 is 2.69 bits per heavy atom. The van der Waals surface area contributed by atoms with E-state index >= 15 is 0 Å². The molecule has 1 N–H and O–H groups in total. The lowest BCUT2D eigenvalue weighted by Crippen LogP contribution is -2.29. The number of aromatic hydroxyl groups is 1. The maximum atomic E-state index is 10.8. The van der Waals surface area contributed by atoms with Gasteiger partial charge in [0.25, 0.3) is 5.69 Å². The van der Waals surface area contributed by atoms with Gasteiger partial charge >= 0.3 is 23.2 Å². The summed E-state index contributed by atoms with van der Waals surface area (Å²) in [5, 5.41) is 19.8. The number of hydrogen-bond donors (Lipinski definition) is 1. The van der Waals surface area contributed by atoms with Crippen LogP contribution in [0.15, 0.2) is 35.1 Å². The van der Waals surface area contributed by atoms with Crippen molar-refractivity contribution in [3.05, 3.63) is 45.9 Å². The van der Waals surface area contributed by atoms with Gasteiger partial charge in [-0.2, -0.15) is 0 Å². The van der Waals surface area contributed by atoms with Crippen molar-refractivity contribution >= 4 is 17.3 Å². The van der Waals surface area contributed by atoms with Crippen LogP contribution in [0.5, 0.6) is 5.95 Å². The van der Waals surface area contributed by atoms with Crippen LogP contribution in [0.3, 0.4) is 0 Å². The van der Waals surface area contributed by atoms with E-state index in [2.05, 4.69) is 4.42 Å². The number of oxazole rings is 1. The quantitative estimate of drug-likeness (QED) is 0.494. The predicted molar refractivity (Wildman–Crippen MR) is 53.6 cm³/mol. The van der Waals surface area contributed by atoms with Crippen LogP contribution in [0, 0.1) is 10.1 Å². The van der Waals surface area contributed by atoms with Crippen molar-refractivity contribution in [3.8, 4) is 11.6 Å². The molecule has 0 unspecified atom stereocenters. The summed E-state index contributed by atoms with van der Waals surface area (Å²) >= 11 is 5.72. The maximum Gasteiger partial charge on any atom is 0.375 e. The standard InChI is InChI=1S/C9H5ClN2O4/c10-8-9(13)16-5-11(8)6-3-1-2-4-7(6)12(14)15/h1-5H/p+1. The van der Waals surface area contributed by atoms with Gasteiger partial charge in [-0.05, 0) is 11.6 Å². The molecule has 0 radical (unpaired) electrons. The molecule has 0 saturated carbocycles. The zero-order valence-electron chi connectivity index (χ0n) is 7.83. The zero-order chi connectivity index (χ0) is 11.7. The molecule has 0 fully saturated rings. The molecule has 0 atom stereocenters. The summed E-state index contributed by atoms with van der Waals surface area (Å²) in [6.07, 6.45) is 1.10. The first kappa shape index (κ1) is 10.4. The molecule has 82 valence electrons. The van der Waals surface area contributed by atoms with Gasteiger partial charge in [-0.1, -0.05) is 12.1 Å². The van der Waals surface area contributed by atoms with Crippen molar-refractivity contribution in [2.75, 3.05) is 0 Å². The van der Waals surface area contributed by atoms with Crippen molar-refractivity contribution in [2.24, 2.45) is 0 Å². The highest BCUT2D eigenvalue weighted by Crippen LogP contribution is 2.24. The van der Waals surface area contributed by atoms with Crippen LogP contribution in [0.4, 0.5) is 5.69 Å². The minimum atomic E-state index is -0.539. The number of aromatic nitrogens is 1. The molecule has 2 rings (SSSR count). The first-order valence-electron chi connectivity index (χ1n) is 4.22. The van der Waals surface area contributed by atoms with Crippen molar-refractivity contribution in [1.82, 2.24) is 0 Å². The lowest BCUT2D eigenvalue weighted by molar-refractivity contribution is -0.602. The number of benzene rings is 1. The highest BCUT2D eigenvalue weighted by atomic mass is 35.5. The number of hydrogen-bond acceptors (Lipinski definition) is 4. The predicted octanol–water partition coefficient (Wildman–Crippen LogP) is 1.82. The molecule has 16 heavy (non-hydrogen) atoms. The van der Waals surface area contributed by atoms with Gasteiger partial charge in [0.05, 0.1) is 4.92 Å². The zero-order valence-corrected chi connectivity index (χ0v) is 8.59. The molecule has 2 aromatic rings. The van der Waals surface area contributed by atoms with Gasteiger partial charge in [0.2, 0.25) is 0 Å². The molecule has 1 heterocycles. The smallest absolute Gasteiger partial charge is 0.375 e. The Hall–Kier alpha value is -2.08. The van der Waals surface area contributed by atoms with Crippen LogP contribution >= 0.6 is 11.6 Å². The molecular formula is C9H6ClN2O4+. The second kappa shape index (κ2) is 3.82. The molecule has 0 saturated heterocycles. The monoisotopic (exact) mass is 241 g/mol. The molecule has 6 nitrogen and oxygen atoms in total. The lowest BCUT2D eigenvalue weighted by atomic mass is 10.2. The SMILES string of the molecule is O=[N+]([O-])c1ccccc1-[n+]1coc(O)c1Cl. The number of halogens is 1. The number of nitrogens with zero attached hydrogens (tertiary/aromatic N) is 2. The fraction of sp³-hybridized carbons (Fsp3) is 0. The van der Waals surface area contributed by atoms with Gasteiger partial charge in [-0.15, -0.1) is 4.57 Å². The Bertz CT molecular complexity index is 552. The van der Waals surface area contributed by atoms with E-state index in [-0.39, 0.29) is 16.5 Å². The molecule has 7 heteroatoms. The minimum Gasteiger partial charge on any atom is -0.475 e. The molecule has 0 spiro atoms. The van der Waals surface area contributed by atoms with Gasteiger partial charge in [0, 0.05) is 12.1 Å². The van der Waals surface area contributed by atoms with Crippen molar-refractivity contribution < 1.29 is 19.0 Å². The van der Waals surface area contributed by atoms with Crippen LogP contribution in [0.25, 0.3) is 5.69 Å². The Balaban J connectivity index is 2.64. The van der Waals surface area contributed by atoms with E-state index in [0.29, 0.717) is 0 Å². The molecule has 0 aliphatic rings. The van der Waals surface area contributed by atoms with Crippen LogP contribution in [0.2, 0.25) is 5.15 Å². The third kappa shape index (κ3) is 1.59. The molecule has 0 bridgehead atoms. The average Bonchev–Trinajstić information content (AvgIpc) is 2.60. The van der Waals surface area contributed by atoms with Gasteiger partial charge < -0.3 is 9.52 Å². The normalized spacial score (nSPS) is 10.3. The topological polar surface area (TPSA) is 80.4 Å². The second-order valence-corrected chi connectivity index (χ2v) is 3.29. The highest BCUT2D eigenvalue weighted by Gasteiger charge is 2.28. The number of para-hydroxylation sites is 2. The summed E-state index contributed by atoms with van der Waals surface area (Å²) in [5.74, 6) is -0.486. The molecule has 1 aromatic heterocycles. The van der Waals surface area contributed by atoms with Gasteiger partial charge in [-0.25, -0.2) is 0 Å². The van der Waals surface area contributed by atoms with Crippen LogP contribution in [-0.4, -0.2) is 10.0 Å². The molecule has 0 aliphatic heterocycles. The van der Waals surface area contributed by atoms with E-state index in [4.69, 9.17) is 16.7 Å². The first-order valence-corrected chi connectivity index (χ1v) is 4.60. The third-order valence-electron chi connectivity index (χ3n) is 2.00. The van der Waals surface area contributed by atoms with Crippen LogP contribution < -0.4 is 4.57 Å². The Morgan fingerprint density at radius 1 is 1.44 bits per heavy atom. The van der Waals surface area contributed by atoms with Crippen molar-refractivity contribution in [1.29, 1.82) is 0 Å². The minimum absolute atomic E-state index is 0.116. The molecular weight excluding hydrogens is 236 g/mol. The maximum absolute atomic E-state index is 10.8. The molecule has 0 aliphatic carbocycles. The van der Waals surface area contributed by atoms with E-state index in [1.807, 2.05) is 0 Å². The van der Waals surface area contributed by atoms with Crippen LogP contribution in [-0.2, 0) is 0 Å². The Labute approximate surface area is 94.5 Å². The van der Waals surface area contributed by atoms with E-state index < -0.39 is 10.9 Å². The summed E-state index contributed by atoms with van der Waals surface area (Å²) in [6.45, 7) is 0. The van der Waals surface area contributed by atoms with Crippen molar-refractivity contribution in [2.45, 2.75) is 0 Å². The summed E-state index contributed by atoms with van der Waals surface area (Å²) < 4.78 is 5.84. The van der Waals surface area contributed by atoms with E-state index in [1.54, 1.807) is 6.07 Å². The Kier molecular flexibility index (Phi) is 2.49. The number of nitro benzene ring substituents is 1. The molecule has 1 aromatic carbocycles. The fourth-order valence-electron chi connectivity index (χ4n) is 1.29.